The summed E-state index contributed by atoms with van der Waals surface area (Å²) in [4.78, 5) is 14.0. The van der Waals surface area contributed by atoms with Crippen molar-refractivity contribution in [1.29, 1.82) is 0 Å². The molecular weight excluding hydrogens is 216 g/mol. The van der Waals surface area contributed by atoms with Gasteiger partial charge in [-0.15, -0.1) is 11.8 Å². The van der Waals surface area contributed by atoms with Crippen molar-refractivity contribution in [2.75, 3.05) is 25.3 Å². The molecule has 5 nitrogen and oxygen atoms in total. The highest BCUT2D eigenvalue weighted by atomic mass is 32.2. The standard InChI is InChI=1S/C9H17N2O3S/c1-9(2,6-11-10-3)14-7-15-5-8(12)13-4/h3,11H,5-7H2,1-2,4H3/q+1. The number of hydrogen-bond donors (Lipinski definition) is 1. The van der Waals surface area contributed by atoms with E-state index in [1.807, 2.05) is 13.8 Å². The van der Waals surface area contributed by atoms with E-state index in [2.05, 4.69) is 15.1 Å². The molecule has 0 aliphatic carbocycles. The van der Waals surface area contributed by atoms with Crippen LogP contribution in [-0.2, 0) is 14.3 Å². The van der Waals surface area contributed by atoms with Crippen LogP contribution in [0.25, 0.3) is 4.95 Å². The van der Waals surface area contributed by atoms with Crippen molar-refractivity contribution >= 4 is 17.7 Å². The molecule has 86 valence electrons. The fourth-order valence-electron chi connectivity index (χ4n) is 0.672. The van der Waals surface area contributed by atoms with Gasteiger partial charge in [-0.1, -0.05) is 5.43 Å². The number of ether oxygens (including phenoxy) is 2. The fourth-order valence-corrected chi connectivity index (χ4v) is 1.44. The maximum atomic E-state index is 10.8. The first-order valence-corrected chi connectivity index (χ1v) is 5.58. The molecule has 1 N–H and O–H groups in total. The van der Waals surface area contributed by atoms with E-state index >= 15 is 0 Å². The summed E-state index contributed by atoms with van der Waals surface area (Å²) in [5.74, 6) is 0.465. The molecule has 0 bridgehead atoms. The number of methoxy groups -OCH3 is 1. The third-order valence-electron chi connectivity index (χ3n) is 1.58. The van der Waals surface area contributed by atoms with Crippen LogP contribution >= 0.6 is 11.8 Å². The Morgan fingerprint density at radius 3 is 2.80 bits per heavy atom. The molecule has 0 saturated carbocycles. The van der Waals surface area contributed by atoms with Gasteiger partial charge in [0.1, 0.15) is 6.54 Å². The van der Waals surface area contributed by atoms with Crippen molar-refractivity contribution in [2.24, 2.45) is 0 Å². The van der Waals surface area contributed by atoms with Gasteiger partial charge in [0.15, 0.2) is 0 Å². The second kappa shape index (κ2) is 7.37. The average Bonchev–Trinajstić information content (AvgIpc) is 2.21. The van der Waals surface area contributed by atoms with Crippen LogP contribution < -0.4 is 5.43 Å². The van der Waals surface area contributed by atoms with Crippen molar-refractivity contribution in [2.45, 2.75) is 19.4 Å². The quantitative estimate of drug-likeness (QED) is 0.309. The number of esters is 1. The van der Waals surface area contributed by atoms with Gasteiger partial charge in [0, 0.05) is 0 Å². The number of hydrogen-bond acceptors (Lipinski definition) is 5. The van der Waals surface area contributed by atoms with Gasteiger partial charge in [0.05, 0.1) is 29.4 Å². The highest BCUT2D eigenvalue weighted by Gasteiger charge is 2.20. The van der Waals surface area contributed by atoms with Crippen LogP contribution in [-0.4, -0.2) is 36.9 Å². The first kappa shape index (κ1) is 14.1. The Labute approximate surface area is 94.3 Å². The molecule has 0 atom stereocenters. The third-order valence-corrected chi connectivity index (χ3v) is 2.30. The van der Waals surface area contributed by atoms with Crippen LogP contribution in [0.15, 0.2) is 0 Å². The minimum atomic E-state index is -0.369. The molecule has 0 rings (SSSR count). The van der Waals surface area contributed by atoms with Crippen molar-refractivity contribution in [1.82, 2.24) is 5.43 Å². The van der Waals surface area contributed by atoms with E-state index < -0.39 is 0 Å². The minimum absolute atomic E-state index is 0.253. The lowest BCUT2D eigenvalue weighted by atomic mass is 10.1. The summed E-state index contributed by atoms with van der Waals surface area (Å²) >= 11 is 1.36. The Kier molecular flexibility index (Phi) is 6.92. The van der Waals surface area contributed by atoms with Crippen molar-refractivity contribution in [3.05, 3.63) is 4.95 Å². The predicted molar refractivity (Wildman–Crippen MR) is 60.8 cm³/mol. The van der Waals surface area contributed by atoms with E-state index in [1.54, 1.807) is 0 Å². The van der Waals surface area contributed by atoms with Crippen molar-refractivity contribution in [3.63, 3.8) is 0 Å². The summed E-state index contributed by atoms with van der Waals surface area (Å²) < 4.78 is 9.99. The molecule has 0 saturated heterocycles. The van der Waals surface area contributed by atoms with E-state index in [4.69, 9.17) is 11.3 Å². The van der Waals surface area contributed by atoms with Crippen molar-refractivity contribution < 1.29 is 14.3 Å². The Bertz CT molecular complexity index is 238. The van der Waals surface area contributed by atoms with E-state index in [9.17, 15) is 4.79 Å². The smallest absolute Gasteiger partial charge is 0.315 e. The zero-order chi connectivity index (χ0) is 11.7. The number of nitrogens with one attached hydrogen (secondary N) is 1. The molecule has 0 heterocycles. The third kappa shape index (κ3) is 8.09. The lowest BCUT2D eigenvalue weighted by Crippen LogP contribution is -2.35. The van der Waals surface area contributed by atoms with E-state index in [1.165, 1.54) is 18.9 Å². The molecule has 0 aromatic carbocycles. The predicted octanol–water partition coefficient (Wildman–Crippen LogP) is 1.11. The van der Waals surface area contributed by atoms with Gasteiger partial charge in [-0.05, 0) is 13.8 Å². The monoisotopic (exact) mass is 233 g/mol. The maximum Gasteiger partial charge on any atom is 0.315 e. The van der Waals surface area contributed by atoms with Gasteiger partial charge >= 0.3 is 12.5 Å². The van der Waals surface area contributed by atoms with Gasteiger partial charge in [-0.2, -0.15) is 0 Å². The van der Waals surface area contributed by atoms with Crippen LogP contribution in [0, 0.1) is 6.57 Å². The summed E-state index contributed by atoms with van der Waals surface area (Å²) in [6, 6.07) is 0. The molecule has 0 fully saturated rings. The molecule has 0 amide bonds. The zero-order valence-electron chi connectivity index (χ0n) is 9.28. The SMILES string of the molecule is C#[N+]NCC(C)(C)OCSCC(=O)OC. The lowest BCUT2D eigenvalue weighted by molar-refractivity contribution is -0.137. The highest BCUT2D eigenvalue weighted by molar-refractivity contribution is 7.99. The number of carbonyl (C=O) groups is 1. The minimum Gasteiger partial charge on any atom is -0.468 e. The number of carbonyl (C=O) groups excluding carboxylic acids is 1. The first-order valence-electron chi connectivity index (χ1n) is 4.43. The summed E-state index contributed by atoms with van der Waals surface area (Å²) in [5, 5.41) is 0. The molecule has 0 spiro atoms. The highest BCUT2D eigenvalue weighted by Crippen LogP contribution is 2.12. The topological polar surface area (TPSA) is 51.9 Å². The molecule has 6 heteroatoms. The Balaban J connectivity index is 3.57. The maximum absolute atomic E-state index is 10.8. The Hall–Kier alpha value is -0.930. The molecule has 0 aromatic rings. The summed E-state index contributed by atoms with van der Waals surface area (Å²) in [6.45, 7) is 9.27. The zero-order valence-corrected chi connectivity index (χ0v) is 10.1. The molecule has 0 aliphatic rings. The van der Waals surface area contributed by atoms with E-state index in [0.717, 1.165) is 0 Å². The molecule has 15 heavy (non-hydrogen) atoms. The average molecular weight is 233 g/mol. The van der Waals surface area contributed by atoms with Gasteiger partial charge < -0.3 is 9.47 Å². The molecular formula is C9H17N2O3S+. The van der Waals surface area contributed by atoms with Crippen LogP contribution in [0.4, 0.5) is 0 Å². The summed E-state index contributed by atoms with van der Waals surface area (Å²) in [5.41, 5.74) is 2.26. The molecule has 0 unspecified atom stereocenters. The molecule has 0 aromatic heterocycles. The number of rotatable bonds is 7. The van der Waals surface area contributed by atoms with E-state index in [-0.39, 0.29) is 11.6 Å². The molecule has 0 aliphatic heterocycles. The largest absolute Gasteiger partial charge is 0.468 e. The van der Waals surface area contributed by atoms with Crippen LogP contribution in [0.2, 0.25) is 0 Å². The summed E-state index contributed by atoms with van der Waals surface area (Å²) in [6.07, 6.45) is 0. The second-order valence-electron chi connectivity index (χ2n) is 3.41. The number of nitrogens with zero attached hydrogens (tertiary/aromatic N) is 1. The summed E-state index contributed by atoms with van der Waals surface area (Å²) in [7, 11) is 1.36. The second-order valence-corrected chi connectivity index (χ2v) is 4.34. The van der Waals surface area contributed by atoms with Gasteiger partial charge in [-0.25, -0.2) is 0 Å². The molecule has 0 radical (unpaired) electrons. The Morgan fingerprint density at radius 2 is 2.27 bits per heavy atom. The van der Waals surface area contributed by atoms with Gasteiger partial charge in [0.25, 0.3) is 0 Å². The van der Waals surface area contributed by atoms with Crippen LogP contribution in [0.3, 0.4) is 0 Å². The lowest BCUT2D eigenvalue weighted by Gasteiger charge is -2.21. The van der Waals surface area contributed by atoms with Crippen molar-refractivity contribution in [3.8, 4) is 6.57 Å². The van der Waals surface area contributed by atoms with Gasteiger partial charge in [0.2, 0.25) is 0 Å². The normalized spacial score (nSPS) is 10.5. The van der Waals surface area contributed by atoms with Gasteiger partial charge in [-0.3, -0.25) is 4.79 Å². The van der Waals surface area contributed by atoms with Crippen LogP contribution in [0.5, 0.6) is 0 Å². The first-order chi connectivity index (χ1) is 7.02. The Morgan fingerprint density at radius 1 is 1.60 bits per heavy atom. The van der Waals surface area contributed by atoms with Crippen LogP contribution in [0.1, 0.15) is 13.8 Å². The fraction of sp³-hybridized carbons (Fsp3) is 0.778. The van der Waals surface area contributed by atoms with E-state index in [0.29, 0.717) is 18.2 Å². The number of thioether (sulfide) groups is 1.